The van der Waals surface area contributed by atoms with Gasteiger partial charge in [-0.3, -0.25) is 19.7 Å². The van der Waals surface area contributed by atoms with E-state index in [0.29, 0.717) is 26.3 Å². The molecule has 0 saturated carbocycles. The molecule has 8 N–H and O–H groups in total. The van der Waals surface area contributed by atoms with Crippen LogP contribution >= 0.6 is 0 Å². The van der Waals surface area contributed by atoms with Gasteiger partial charge >= 0.3 is 30.8 Å². The van der Waals surface area contributed by atoms with E-state index in [9.17, 15) is 14.4 Å². The number of piperidine rings is 3. The molecule has 3 aliphatic heterocycles. The number of hydrogen-bond donors (Lipinski definition) is 5. The van der Waals surface area contributed by atoms with Crippen LogP contribution in [-0.2, 0) is 53.2 Å². The number of carbonyl (C=O) groups excluding carboxylic acids is 2. The van der Waals surface area contributed by atoms with Crippen molar-refractivity contribution in [1.82, 2.24) is 54.8 Å². The molecular weight excluding hydrogens is 1370 g/mol. The van der Waals surface area contributed by atoms with Gasteiger partial charge in [-0.2, -0.15) is 0 Å². The number of nitrogens with one attached hydrogen (secondary N) is 4. The molecule has 0 atom stereocenters. The van der Waals surface area contributed by atoms with E-state index in [1.54, 1.807) is 23.5 Å². The van der Waals surface area contributed by atoms with Crippen LogP contribution < -0.4 is 40.1 Å². The van der Waals surface area contributed by atoms with Crippen LogP contribution in [0.25, 0.3) is 66.5 Å². The molecule has 3 fully saturated rings. The Kier molecular flexibility index (Phi) is 41.1. The largest absolute Gasteiger partial charge is 1.00 e. The van der Waals surface area contributed by atoms with E-state index in [1.807, 2.05) is 111 Å². The number of nitrogens with zero attached hydrogens (tertiary/aromatic N) is 10. The second-order valence-corrected chi connectivity index (χ2v) is 27.0. The average molecular weight is 1490 g/mol. The number of aliphatic carboxylic acids is 1. The molecule has 0 unspecified atom stereocenters. The number of likely N-dealkylation sites (N-methyl/N-ethyl adjacent to an activating group) is 1. The molecule has 0 bridgehead atoms. The van der Waals surface area contributed by atoms with Crippen molar-refractivity contribution in [2.45, 2.75) is 125 Å². The molecule has 0 aliphatic carbocycles. The maximum Gasteiger partial charge on any atom is 1.00 e. The topological polar surface area (TPSA) is 308 Å². The van der Waals surface area contributed by atoms with Crippen LogP contribution in [-0.4, -0.2) is 215 Å². The van der Waals surface area contributed by atoms with E-state index in [0.717, 1.165) is 172 Å². The fourth-order valence-electron chi connectivity index (χ4n) is 13.3. The number of aromatic nitrogens is 6. The number of methoxy groups -OCH3 is 1. The predicted octanol–water partition coefficient (Wildman–Crippen LogP) is 10.0. The number of hydrogen-bond acceptors (Lipinski definition) is 21. The number of esters is 1. The summed E-state index contributed by atoms with van der Waals surface area (Å²) in [5.41, 5.74) is 14.7. The van der Waals surface area contributed by atoms with Gasteiger partial charge in [-0.1, -0.05) is 106 Å². The molecular formula is C84H115LiN14O10. The van der Waals surface area contributed by atoms with Gasteiger partial charge in [-0.05, 0) is 197 Å². The second-order valence-electron chi connectivity index (χ2n) is 27.0. The summed E-state index contributed by atoms with van der Waals surface area (Å²) in [6, 6.07) is 36.3. The Morgan fingerprint density at radius 1 is 0.459 bits per heavy atom. The zero-order valence-corrected chi connectivity index (χ0v) is 65.1. The molecule has 9 heterocycles. The molecule has 0 spiro atoms. The summed E-state index contributed by atoms with van der Waals surface area (Å²) in [6.07, 6.45) is 26.4. The van der Waals surface area contributed by atoms with Gasteiger partial charge in [-0.15, -0.1) is 0 Å². The number of carboxylic acids is 1. The predicted molar refractivity (Wildman–Crippen MR) is 431 cm³/mol. The van der Waals surface area contributed by atoms with Crippen LogP contribution in [0.4, 0.5) is 17.1 Å². The summed E-state index contributed by atoms with van der Waals surface area (Å²) >= 11 is 0. The van der Waals surface area contributed by atoms with Gasteiger partial charge in [0.05, 0.1) is 60.6 Å². The maximum atomic E-state index is 12.1. The van der Waals surface area contributed by atoms with E-state index in [2.05, 4.69) is 99.8 Å². The normalized spacial score (nSPS) is 13.7. The Labute approximate surface area is 656 Å². The van der Waals surface area contributed by atoms with Gasteiger partial charge < -0.3 is 75.9 Å². The SMILES string of the molecule is CCN(CC)C(=O)COCc1ccc(-c2cc(NCCCN3CCCCC3)c3cnccc3n2)cc1.CCNCC.COC(=O)COCc1ccc(-c2cc(NCCCN3CCCCC3)c3cnccc3n2)cc1.O.O=C(O)COCc1ccc(-c2cc(NCCCN3CCCCC3)c3cnccc3n2)cc1.[Li+].[OH-]. The Bertz CT molecular complexity index is 4090. The maximum absolute atomic E-state index is 12.1. The number of anilines is 3. The minimum Gasteiger partial charge on any atom is -0.870 e. The third kappa shape index (κ3) is 30.0. The number of likely N-dealkylation sites (tertiary alicyclic amines) is 3. The number of carboxylic acid groups (broad SMARTS) is 1. The molecule has 3 aromatic carbocycles. The van der Waals surface area contributed by atoms with Crippen molar-refractivity contribution in [3.05, 3.63) is 163 Å². The van der Waals surface area contributed by atoms with Crippen molar-refractivity contribution in [2.75, 3.05) is 148 Å². The van der Waals surface area contributed by atoms with Crippen molar-refractivity contribution >= 4 is 67.6 Å². The van der Waals surface area contributed by atoms with Crippen LogP contribution in [0, 0.1) is 0 Å². The Balaban J connectivity index is 0.000000244. The number of ether oxygens (including phenoxy) is 4. The van der Waals surface area contributed by atoms with E-state index < -0.39 is 5.97 Å². The van der Waals surface area contributed by atoms with Crippen LogP contribution in [0.1, 0.15) is 121 Å². The summed E-state index contributed by atoms with van der Waals surface area (Å²) < 4.78 is 20.8. The third-order valence-electron chi connectivity index (χ3n) is 19.1. The summed E-state index contributed by atoms with van der Waals surface area (Å²) in [4.78, 5) is 70.9. The molecule has 6 aromatic heterocycles. The first kappa shape index (κ1) is 89.3. The van der Waals surface area contributed by atoms with Gasteiger partial charge in [-0.25, -0.2) is 24.5 Å². The van der Waals surface area contributed by atoms with Crippen LogP contribution in [0.5, 0.6) is 0 Å². The smallest absolute Gasteiger partial charge is 0.870 e. The van der Waals surface area contributed by atoms with Crippen molar-refractivity contribution in [1.29, 1.82) is 0 Å². The van der Waals surface area contributed by atoms with Crippen molar-refractivity contribution < 1.29 is 68.3 Å². The number of fused-ring (bicyclic) bond motifs is 3. The number of rotatable bonds is 34. The molecule has 3 saturated heterocycles. The molecule has 12 rings (SSSR count). The zero-order chi connectivity index (χ0) is 74.3. The summed E-state index contributed by atoms with van der Waals surface area (Å²) in [5, 5.41) is 25.8. The van der Waals surface area contributed by atoms with Crippen LogP contribution in [0.3, 0.4) is 0 Å². The average Bonchev–Trinajstić information content (AvgIpc) is 0.810. The van der Waals surface area contributed by atoms with E-state index in [4.69, 9.17) is 34.3 Å². The number of amides is 1. The van der Waals surface area contributed by atoms with Crippen LogP contribution in [0.15, 0.2) is 146 Å². The number of benzene rings is 3. The molecule has 24 nitrogen and oxygen atoms in total. The van der Waals surface area contributed by atoms with E-state index in [1.165, 1.54) is 104 Å². The van der Waals surface area contributed by atoms with E-state index in [-0.39, 0.29) is 68.1 Å². The van der Waals surface area contributed by atoms with Gasteiger partial charge in [0, 0.05) is 120 Å². The first-order chi connectivity index (χ1) is 52.0. The first-order valence-corrected chi connectivity index (χ1v) is 38.4. The van der Waals surface area contributed by atoms with Gasteiger partial charge in [0.2, 0.25) is 5.91 Å². The molecule has 1 amide bonds. The van der Waals surface area contributed by atoms with Crippen LogP contribution in [0.2, 0.25) is 0 Å². The monoisotopic (exact) mass is 1490 g/mol. The first-order valence-electron chi connectivity index (χ1n) is 38.4. The second kappa shape index (κ2) is 50.2. The molecule has 582 valence electrons. The van der Waals surface area contributed by atoms with Crippen molar-refractivity contribution in [2.24, 2.45) is 0 Å². The Morgan fingerprint density at radius 3 is 1.07 bits per heavy atom. The van der Waals surface area contributed by atoms with E-state index >= 15 is 0 Å². The number of pyridine rings is 6. The molecule has 9 aromatic rings. The zero-order valence-electron chi connectivity index (χ0n) is 65.1. The molecule has 109 heavy (non-hydrogen) atoms. The van der Waals surface area contributed by atoms with Crippen molar-refractivity contribution in [3.8, 4) is 33.8 Å². The summed E-state index contributed by atoms with van der Waals surface area (Å²) in [6.45, 7) is 26.1. The van der Waals surface area contributed by atoms with Gasteiger partial charge in [0.25, 0.3) is 0 Å². The fraction of sp³-hybridized carbons (Fsp3) is 0.464. The number of carbonyl (C=O) groups is 3. The Hall–Kier alpha value is -8.61. The quantitative estimate of drug-likeness (QED) is 0.0142. The minimum absolute atomic E-state index is 0. The third-order valence-corrected chi connectivity index (χ3v) is 19.1. The molecule has 25 heteroatoms. The summed E-state index contributed by atoms with van der Waals surface area (Å²) in [7, 11) is 1.35. The fourth-order valence-corrected chi connectivity index (χ4v) is 13.3. The van der Waals surface area contributed by atoms with Gasteiger partial charge in [0.15, 0.2) is 0 Å². The molecule has 3 aliphatic rings. The molecule has 0 radical (unpaired) electrons. The van der Waals surface area contributed by atoms with Crippen molar-refractivity contribution in [3.63, 3.8) is 0 Å². The minimum atomic E-state index is -0.965. The Morgan fingerprint density at radius 2 is 0.780 bits per heavy atom. The standard InChI is InChI=1S/C29H39N5O2.C26H32N4O3.C25H30N4O3.C4H11N.Li.2H2O/c1-3-34(4-2)29(35)22-36-21-23-9-11-24(12-10-23)27-19-28(25-20-30-15-13-26(25)32-27)31-14-8-18-33-16-6-5-7-17-33;1-32-26(31)19-33-18-20-6-8-21(9-7-20)24-16-25(22-17-27-12-10-23(22)29-24)28-11-5-15-30-13-3-2-4-14-30;30-25(31)18-32-17-19-5-7-20(8-6-19)23-15-24(21-16-26-11-9-22(21)28-23)27-10-4-14-29-12-2-1-3-13-29;1-3-5-4-2;;;/h9-13,15,19-20H,3-8,14,16-18,21-22H2,1-2H3,(H,31,32);6-10,12,16-17H,2-5,11,13-15,18-19H2,1H3,(H,28,29);5-9,11,15-16H,1-4,10,12-14,17-18H2,(H,27,28)(H,30,31);5H,3-4H2,1-2H3;;2*1H2/q;;;;+1;;/p-1. The van der Waals surface area contributed by atoms with Gasteiger partial charge in [0.1, 0.15) is 19.8 Å². The summed E-state index contributed by atoms with van der Waals surface area (Å²) in [5.74, 6) is -1.31.